The Kier molecular flexibility index (Phi) is 4.75. The van der Waals surface area contributed by atoms with Crippen molar-refractivity contribution < 1.29 is 39.5 Å². The predicted octanol–water partition coefficient (Wildman–Crippen LogP) is -1.41. The molecule has 106 valence electrons. The number of rotatable bonds is 2. The van der Waals surface area contributed by atoms with Crippen LogP contribution in [0.15, 0.2) is 35.1 Å². The number of pyridine rings is 1. The maximum absolute atomic E-state index is 12.6. The summed E-state index contributed by atoms with van der Waals surface area (Å²) in [6, 6.07) is 8.83. The van der Waals surface area contributed by atoms with Crippen LogP contribution in [0.1, 0.15) is 16.7 Å². The van der Waals surface area contributed by atoms with Crippen LogP contribution in [-0.2, 0) is 11.2 Å². The van der Waals surface area contributed by atoms with Gasteiger partial charge in [0, 0.05) is 23.2 Å². The van der Waals surface area contributed by atoms with Gasteiger partial charge in [0.15, 0.2) is 5.43 Å². The zero-order chi connectivity index (χ0) is 15.1. The molecule has 0 bridgehead atoms. The summed E-state index contributed by atoms with van der Waals surface area (Å²) < 4.78 is 0. The van der Waals surface area contributed by atoms with Crippen LogP contribution in [0.5, 0.6) is 0 Å². The summed E-state index contributed by atoms with van der Waals surface area (Å²) in [6.45, 7) is 3.92. The van der Waals surface area contributed by atoms with E-state index in [2.05, 4.69) is 4.98 Å². The Balaban J connectivity index is 0.00000176. The molecule has 0 saturated heterocycles. The number of aromatic amines is 1. The van der Waals surface area contributed by atoms with Crippen molar-refractivity contribution in [2.75, 3.05) is 0 Å². The van der Waals surface area contributed by atoms with E-state index in [1.165, 1.54) is 0 Å². The zero-order valence-electron chi connectivity index (χ0n) is 12.8. The molecular weight excluding hydrogens is 289 g/mol. The first-order valence-corrected chi connectivity index (χ1v) is 6.72. The van der Waals surface area contributed by atoms with Gasteiger partial charge in [0.05, 0.1) is 11.0 Å². The van der Waals surface area contributed by atoms with Crippen molar-refractivity contribution in [3.63, 3.8) is 0 Å². The number of para-hydroxylation sites is 1. The Morgan fingerprint density at radius 3 is 2.45 bits per heavy atom. The molecule has 1 heterocycles. The van der Waals surface area contributed by atoms with Crippen molar-refractivity contribution in [2.45, 2.75) is 20.3 Å². The van der Waals surface area contributed by atoms with Gasteiger partial charge >= 0.3 is 29.6 Å². The molecule has 22 heavy (non-hydrogen) atoms. The number of hydrogen-bond donors (Lipinski definition) is 1. The normalized spacial score (nSPS) is 10.6. The second-order valence-corrected chi connectivity index (χ2v) is 5.27. The maximum Gasteiger partial charge on any atom is 1.00 e. The van der Waals surface area contributed by atoms with Crippen molar-refractivity contribution in [1.82, 2.24) is 4.98 Å². The number of aryl methyl sites for hydroxylation is 2. The largest absolute Gasteiger partial charge is 1.00 e. The summed E-state index contributed by atoms with van der Waals surface area (Å²) in [5.41, 5.74) is 3.89. The molecule has 0 radical (unpaired) electrons. The first kappa shape index (κ1) is 16.7. The van der Waals surface area contributed by atoms with E-state index in [4.69, 9.17) is 0 Å². The van der Waals surface area contributed by atoms with Crippen molar-refractivity contribution in [3.05, 3.63) is 57.2 Å². The number of carboxylic acids is 1. The van der Waals surface area contributed by atoms with E-state index in [9.17, 15) is 14.7 Å². The van der Waals surface area contributed by atoms with Crippen LogP contribution in [0.4, 0.5) is 0 Å². The third-order valence-electron chi connectivity index (χ3n) is 3.96. The van der Waals surface area contributed by atoms with E-state index in [0.29, 0.717) is 21.9 Å². The number of carbonyl (C=O) groups excluding carboxylic acids is 1. The number of hydrogen-bond acceptors (Lipinski definition) is 3. The summed E-state index contributed by atoms with van der Waals surface area (Å²) in [7, 11) is 0. The first-order chi connectivity index (χ1) is 9.99. The topological polar surface area (TPSA) is 73.0 Å². The molecule has 0 aliphatic carbocycles. The van der Waals surface area contributed by atoms with E-state index in [1.54, 1.807) is 24.3 Å². The van der Waals surface area contributed by atoms with Gasteiger partial charge in [-0.05, 0) is 42.7 Å². The minimum atomic E-state index is -1.16. The van der Waals surface area contributed by atoms with Crippen LogP contribution in [-0.4, -0.2) is 11.0 Å². The molecule has 0 amide bonds. The van der Waals surface area contributed by atoms with Crippen LogP contribution in [0.2, 0.25) is 0 Å². The maximum atomic E-state index is 12.6. The summed E-state index contributed by atoms with van der Waals surface area (Å²) >= 11 is 0. The Morgan fingerprint density at radius 1 is 1.09 bits per heavy atom. The molecular formula is C17H14NNaO3. The molecule has 0 spiro atoms. The number of fused-ring (bicyclic) bond motifs is 2. The first-order valence-electron chi connectivity index (χ1n) is 6.72. The van der Waals surface area contributed by atoms with Gasteiger partial charge in [-0.3, -0.25) is 4.79 Å². The van der Waals surface area contributed by atoms with Gasteiger partial charge < -0.3 is 14.9 Å². The molecule has 3 rings (SSSR count). The molecule has 3 aromatic rings. The van der Waals surface area contributed by atoms with Crippen LogP contribution >= 0.6 is 0 Å². The Hall–Kier alpha value is -1.62. The second kappa shape index (κ2) is 6.24. The number of benzene rings is 2. The van der Waals surface area contributed by atoms with Gasteiger partial charge in [-0.25, -0.2) is 0 Å². The van der Waals surface area contributed by atoms with E-state index < -0.39 is 5.97 Å². The van der Waals surface area contributed by atoms with Gasteiger partial charge in [0.2, 0.25) is 0 Å². The number of aliphatic carboxylic acids is 1. The smallest absolute Gasteiger partial charge is 0.550 e. The van der Waals surface area contributed by atoms with Gasteiger partial charge in [0.1, 0.15) is 0 Å². The van der Waals surface area contributed by atoms with E-state index >= 15 is 0 Å². The van der Waals surface area contributed by atoms with Crippen LogP contribution < -0.4 is 40.1 Å². The van der Waals surface area contributed by atoms with Gasteiger partial charge in [-0.1, -0.05) is 18.2 Å². The number of H-pyrrole nitrogens is 1. The monoisotopic (exact) mass is 303 g/mol. The molecule has 1 N–H and O–H groups in total. The fraction of sp³-hybridized carbons (Fsp3) is 0.176. The molecule has 1 aromatic heterocycles. The van der Waals surface area contributed by atoms with Gasteiger partial charge in [0.25, 0.3) is 0 Å². The Labute approximate surface area is 149 Å². The second-order valence-electron chi connectivity index (χ2n) is 5.27. The quantitative estimate of drug-likeness (QED) is 0.467. The minimum Gasteiger partial charge on any atom is -0.550 e. The van der Waals surface area contributed by atoms with E-state index in [1.807, 2.05) is 19.9 Å². The molecule has 4 nitrogen and oxygen atoms in total. The number of aromatic nitrogens is 1. The van der Waals surface area contributed by atoms with E-state index in [0.717, 1.165) is 16.6 Å². The number of carboxylic acid groups (broad SMARTS) is 1. The Bertz CT molecular complexity index is 944. The summed E-state index contributed by atoms with van der Waals surface area (Å²) in [5.74, 6) is -1.16. The summed E-state index contributed by atoms with van der Waals surface area (Å²) in [6.07, 6.45) is -0.219. The predicted molar refractivity (Wildman–Crippen MR) is 80.3 cm³/mol. The summed E-state index contributed by atoms with van der Waals surface area (Å²) in [5, 5.41) is 12.0. The molecule has 0 fully saturated rings. The van der Waals surface area contributed by atoms with Crippen molar-refractivity contribution in [1.29, 1.82) is 0 Å². The third-order valence-corrected chi connectivity index (χ3v) is 3.96. The van der Waals surface area contributed by atoms with Crippen molar-refractivity contribution in [3.8, 4) is 0 Å². The van der Waals surface area contributed by atoms with Crippen LogP contribution in [0.3, 0.4) is 0 Å². The van der Waals surface area contributed by atoms with Crippen LogP contribution in [0, 0.1) is 13.8 Å². The van der Waals surface area contributed by atoms with E-state index in [-0.39, 0.29) is 41.4 Å². The SMILES string of the molecule is Cc1ccc2c(=O)c3cccc(CC(=O)[O-])c3[nH]c2c1C.[Na+]. The third kappa shape index (κ3) is 2.70. The number of nitrogens with one attached hydrogen (secondary N) is 1. The fourth-order valence-electron chi connectivity index (χ4n) is 2.68. The fourth-order valence-corrected chi connectivity index (χ4v) is 2.68. The van der Waals surface area contributed by atoms with Crippen molar-refractivity contribution >= 4 is 27.8 Å². The number of carbonyl (C=O) groups is 1. The minimum absolute atomic E-state index is 0. The Morgan fingerprint density at radius 2 is 1.77 bits per heavy atom. The molecule has 0 aliphatic rings. The van der Waals surface area contributed by atoms with Gasteiger partial charge in [-0.2, -0.15) is 0 Å². The molecule has 5 heteroatoms. The molecule has 2 aromatic carbocycles. The molecule has 0 saturated carbocycles. The van der Waals surface area contributed by atoms with Crippen molar-refractivity contribution in [2.24, 2.45) is 0 Å². The standard InChI is InChI=1S/C17H15NO3.Na/c1-9-6-7-13-15(10(9)2)18-16-11(8-14(19)20)4-3-5-12(16)17(13)21;/h3-7H,8H2,1-2H3,(H,18,21)(H,19,20);/q;+1/p-1. The van der Waals surface area contributed by atoms with Crippen LogP contribution in [0.25, 0.3) is 21.8 Å². The van der Waals surface area contributed by atoms with Gasteiger partial charge in [-0.15, -0.1) is 0 Å². The molecule has 0 aliphatic heterocycles. The molecule has 0 unspecified atom stereocenters. The average Bonchev–Trinajstić information content (AvgIpc) is 2.44. The molecule has 0 atom stereocenters. The summed E-state index contributed by atoms with van der Waals surface area (Å²) in [4.78, 5) is 26.7. The zero-order valence-corrected chi connectivity index (χ0v) is 14.8. The average molecular weight is 303 g/mol.